The van der Waals surface area contributed by atoms with Crippen molar-refractivity contribution in [3.05, 3.63) is 58.1 Å². The lowest BCUT2D eigenvalue weighted by Gasteiger charge is -2.23. The molecule has 1 saturated heterocycles. The Morgan fingerprint density at radius 3 is 2.68 bits per heavy atom. The van der Waals surface area contributed by atoms with Gasteiger partial charge in [-0.2, -0.15) is 8.78 Å². The summed E-state index contributed by atoms with van der Waals surface area (Å²) in [6.45, 7) is 3.56. The van der Waals surface area contributed by atoms with Gasteiger partial charge >= 0.3 is 12.6 Å². The molecule has 1 unspecified atom stereocenters. The maximum absolute atomic E-state index is 12.9. The quantitative estimate of drug-likeness (QED) is 0.243. The number of hydrogen-bond acceptors (Lipinski definition) is 6. The van der Waals surface area contributed by atoms with Gasteiger partial charge in [0.2, 0.25) is 0 Å². The highest BCUT2D eigenvalue weighted by Crippen LogP contribution is 2.39. The Morgan fingerprint density at radius 2 is 2.09 bits per heavy atom. The summed E-state index contributed by atoms with van der Waals surface area (Å²) in [5.41, 5.74) is 1.08. The number of hydrogen-bond donors (Lipinski definition) is 1. The van der Waals surface area contributed by atoms with E-state index in [1.165, 1.54) is 23.9 Å². The van der Waals surface area contributed by atoms with E-state index in [4.69, 9.17) is 32.7 Å². The van der Waals surface area contributed by atoms with Crippen LogP contribution in [0.1, 0.15) is 37.9 Å². The van der Waals surface area contributed by atoms with Gasteiger partial charge in [-0.05, 0) is 49.0 Å². The first-order valence-electron chi connectivity index (χ1n) is 10.9. The molecule has 0 radical (unpaired) electrons. The summed E-state index contributed by atoms with van der Waals surface area (Å²) in [7, 11) is 0. The first-order chi connectivity index (χ1) is 16.3. The molecular formula is C24H27Cl2F2NO4S. The van der Waals surface area contributed by atoms with E-state index in [1.807, 2.05) is 0 Å². The smallest absolute Gasteiger partial charge is 0.387 e. The average Bonchev–Trinajstić information content (AvgIpc) is 3.49. The molecule has 1 heterocycles. The Balaban J connectivity index is 1.94. The van der Waals surface area contributed by atoms with E-state index in [-0.39, 0.29) is 17.9 Å². The second-order valence-electron chi connectivity index (χ2n) is 7.84. The minimum Gasteiger partial charge on any atom is -0.489 e. The zero-order valence-corrected chi connectivity index (χ0v) is 21.0. The minimum absolute atomic E-state index is 0.0798. The molecule has 2 aliphatic rings. The van der Waals surface area contributed by atoms with Crippen molar-refractivity contribution in [1.29, 1.82) is 0 Å². The SMILES string of the molecule is C=C/C(Cl)=C(C[C@H](OC(=O)C1NCCS1)c1ccc(OC(F)F)c(OCC2CC2)c1)\C(Cl)=C/C. The lowest BCUT2D eigenvalue weighted by molar-refractivity contribution is -0.149. The Hall–Kier alpha value is -1.74. The Morgan fingerprint density at radius 1 is 1.32 bits per heavy atom. The van der Waals surface area contributed by atoms with Gasteiger partial charge in [-0.1, -0.05) is 48.0 Å². The van der Waals surface area contributed by atoms with Crippen molar-refractivity contribution < 1.29 is 27.8 Å². The minimum atomic E-state index is -3.00. The van der Waals surface area contributed by atoms with Gasteiger partial charge in [0, 0.05) is 28.8 Å². The molecule has 0 spiro atoms. The van der Waals surface area contributed by atoms with Gasteiger partial charge in [-0.15, -0.1) is 11.8 Å². The van der Waals surface area contributed by atoms with Crippen LogP contribution in [0.15, 0.2) is 52.6 Å². The molecule has 1 aromatic carbocycles. The molecular weight excluding hydrogens is 507 g/mol. The van der Waals surface area contributed by atoms with E-state index in [9.17, 15) is 13.6 Å². The second kappa shape index (κ2) is 12.8. The van der Waals surface area contributed by atoms with Crippen molar-refractivity contribution in [3.63, 3.8) is 0 Å². The molecule has 1 saturated carbocycles. The van der Waals surface area contributed by atoms with Gasteiger partial charge in [-0.3, -0.25) is 5.32 Å². The number of carbonyl (C=O) groups excluding carboxylic acids is 1. The van der Waals surface area contributed by atoms with E-state index in [2.05, 4.69) is 16.6 Å². The van der Waals surface area contributed by atoms with Crippen LogP contribution in [0, 0.1) is 5.92 Å². The van der Waals surface area contributed by atoms with E-state index in [1.54, 1.807) is 25.1 Å². The summed E-state index contributed by atoms with van der Waals surface area (Å²) in [5, 5.41) is 3.30. The number of benzene rings is 1. The number of thioether (sulfide) groups is 1. The third-order valence-electron chi connectivity index (χ3n) is 5.31. The summed E-state index contributed by atoms with van der Waals surface area (Å²) in [6.07, 6.45) is 4.55. The Kier molecular flexibility index (Phi) is 10.1. The zero-order chi connectivity index (χ0) is 24.7. The maximum Gasteiger partial charge on any atom is 0.387 e. The highest BCUT2D eigenvalue weighted by molar-refractivity contribution is 8.00. The number of ether oxygens (including phenoxy) is 3. The predicted octanol–water partition coefficient (Wildman–Crippen LogP) is 6.54. The maximum atomic E-state index is 12.9. The number of halogens is 4. The fraction of sp³-hybridized carbons (Fsp3) is 0.458. The molecule has 0 amide bonds. The van der Waals surface area contributed by atoms with Gasteiger partial charge < -0.3 is 14.2 Å². The van der Waals surface area contributed by atoms with Crippen LogP contribution in [-0.4, -0.2) is 36.9 Å². The van der Waals surface area contributed by atoms with Crippen LogP contribution in [0.25, 0.3) is 0 Å². The molecule has 1 aromatic rings. The van der Waals surface area contributed by atoms with Gasteiger partial charge in [-0.25, -0.2) is 4.79 Å². The molecule has 3 rings (SSSR count). The summed E-state index contributed by atoms with van der Waals surface area (Å²) < 4.78 is 42.2. The standard InChI is InChI=1S/C24H27Cl2F2NO4S/c1-3-17(25)16(18(26)4-2)12-20(32-23(30)22-29-9-10-34-22)15-7-8-19(33-24(27)28)21(11-15)31-13-14-5-6-14/h3-4,7-8,11,14,20,22,24,29H,1,5-6,9-10,12-13H2,2H3/b17-16+,18-4+/t20-,22?/m0/s1. The number of allylic oxidation sites excluding steroid dienone is 4. The van der Waals surface area contributed by atoms with Crippen LogP contribution in [0.5, 0.6) is 11.5 Å². The number of alkyl halides is 2. The van der Waals surface area contributed by atoms with Gasteiger partial charge in [0.15, 0.2) is 16.9 Å². The number of rotatable bonds is 12. The van der Waals surface area contributed by atoms with Crippen LogP contribution in [0.2, 0.25) is 0 Å². The Labute approximate surface area is 212 Å². The van der Waals surface area contributed by atoms with Crippen molar-refractivity contribution in [2.75, 3.05) is 18.9 Å². The van der Waals surface area contributed by atoms with E-state index in [0.29, 0.717) is 40.3 Å². The number of esters is 1. The average molecular weight is 534 g/mol. The highest BCUT2D eigenvalue weighted by Gasteiger charge is 2.30. The molecule has 1 aliphatic heterocycles. The predicted molar refractivity (Wildman–Crippen MR) is 132 cm³/mol. The molecule has 2 fully saturated rings. The number of nitrogens with one attached hydrogen (secondary N) is 1. The third-order valence-corrected chi connectivity index (χ3v) is 7.28. The summed E-state index contributed by atoms with van der Waals surface area (Å²) >= 11 is 14.2. The summed E-state index contributed by atoms with van der Waals surface area (Å²) in [6, 6.07) is 4.52. The van der Waals surface area contributed by atoms with E-state index < -0.39 is 24.1 Å². The van der Waals surface area contributed by atoms with Gasteiger partial charge in [0.25, 0.3) is 0 Å². The molecule has 34 heavy (non-hydrogen) atoms. The monoisotopic (exact) mass is 533 g/mol. The molecule has 0 bridgehead atoms. The fourth-order valence-corrected chi connectivity index (χ4v) is 4.63. The largest absolute Gasteiger partial charge is 0.489 e. The third kappa shape index (κ3) is 7.63. The molecule has 1 aliphatic carbocycles. The molecule has 5 nitrogen and oxygen atoms in total. The normalized spacial score (nSPS) is 20.1. The van der Waals surface area contributed by atoms with Crippen LogP contribution < -0.4 is 14.8 Å². The molecule has 2 atom stereocenters. The van der Waals surface area contributed by atoms with Crippen LogP contribution in [-0.2, 0) is 9.53 Å². The second-order valence-corrected chi connectivity index (χ2v) is 9.87. The molecule has 10 heteroatoms. The van der Waals surface area contributed by atoms with Crippen LogP contribution in [0.4, 0.5) is 8.78 Å². The van der Waals surface area contributed by atoms with Crippen molar-refractivity contribution in [2.45, 2.75) is 44.3 Å². The summed E-state index contributed by atoms with van der Waals surface area (Å²) in [4.78, 5) is 12.8. The van der Waals surface area contributed by atoms with Crippen molar-refractivity contribution >= 4 is 40.9 Å². The highest BCUT2D eigenvalue weighted by atomic mass is 35.5. The topological polar surface area (TPSA) is 56.8 Å². The fourth-order valence-electron chi connectivity index (χ4n) is 3.32. The van der Waals surface area contributed by atoms with E-state index in [0.717, 1.165) is 18.6 Å². The van der Waals surface area contributed by atoms with Crippen molar-refractivity contribution in [1.82, 2.24) is 5.32 Å². The van der Waals surface area contributed by atoms with Gasteiger partial charge in [0.1, 0.15) is 6.10 Å². The Bertz CT molecular complexity index is 947. The first-order valence-corrected chi connectivity index (χ1v) is 12.7. The van der Waals surface area contributed by atoms with Crippen LogP contribution >= 0.6 is 35.0 Å². The first kappa shape index (κ1) is 26.9. The molecule has 186 valence electrons. The molecule has 0 aromatic heterocycles. The van der Waals surface area contributed by atoms with Crippen molar-refractivity contribution in [2.24, 2.45) is 5.92 Å². The number of carbonyl (C=O) groups is 1. The zero-order valence-electron chi connectivity index (χ0n) is 18.7. The molecule has 1 N–H and O–H groups in total. The lowest BCUT2D eigenvalue weighted by atomic mass is 9.99. The van der Waals surface area contributed by atoms with Crippen molar-refractivity contribution in [3.8, 4) is 11.5 Å². The lowest BCUT2D eigenvalue weighted by Crippen LogP contribution is -2.31. The van der Waals surface area contributed by atoms with Crippen LogP contribution in [0.3, 0.4) is 0 Å². The summed E-state index contributed by atoms with van der Waals surface area (Å²) in [5.74, 6) is 0.838. The van der Waals surface area contributed by atoms with Gasteiger partial charge in [0.05, 0.1) is 6.61 Å². The van der Waals surface area contributed by atoms with E-state index >= 15 is 0 Å².